The molecule has 1 heterocycles. The third kappa shape index (κ3) is 2.86. The fraction of sp³-hybridized carbons (Fsp3) is 0.278. The van der Waals surface area contributed by atoms with Crippen LogP contribution < -0.4 is 13.8 Å². The molecule has 1 aliphatic rings. The SMILES string of the molecule is COC(=O)[C@@H]1CN(S(=O)(=O)c2cc(OC)ccc2OC)c2ccccc21. The Hall–Kier alpha value is -2.74. The van der Waals surface area contributed by atoms with Gasteiger partial charge in [-0.15, -0.1) is 0 Å². The summed E-state index contributed by atoms with van der Waals surface area (Å²) in [6.07, 6.45) is 0. The first-order valence-corrected chi connectivity index (χ1v) is 9.29. The molecule has 0 unspecified atom stereocenters. The molecule has 0 N–H and O–H groups in total. The number of methoxy groups -OCH3 is 3. The van der Waals surface area contributed by atoms with Gasteiger partial charge in [0.1, 0.15) is 22.3 Å². The van der Waals surface area contributed by atoms with Gasteiger partial charge in [-0.3, -0.25) is 9.10 Å². The number of esters is 1. The van der Waals surface area contributed by atoms with Gasteiger partial charge in [0, 0.05) is 6.07 Å². The third-order valence-electron chi connectivity index (χ3n) is 4.35. The highest BCUT2D eigenvalue weighted by atomic mass is 32.2. The van der Waals surface area contributed by atoms with E-state index in [-0.39, 0.29) is 17.2 Å². The van der Waals surface area contributed by atoms with Gasteiger partial charge in [0.2, 0.25) is 0 Å². The van der Waals surface area contributed by atoms with E-state index in [2.05, 4.69) is 0 Å². The largest absolute Gasteiger partial charge is 0.497 e. The van der Waals surface area contributed by atoms with E-state index in [1.54, 1.807) is 30.3 Å². The van der Waals surface area contributed by atoms with E-state index < -0.39 is 21.9 Å². The molecule has 0 bridgehead atoms. The number of nitrogens with zero attached hydrogens (tertiary/aromatic N) is 1. The number of hydrogen-bond donors (Lipinski definition) is 0. The number of anilines is 1. The number of carbonyl (C=O) groups excluding carboxylic acids is 1. The van der Waals surface area contributed by atoms with Gasteiger partial charge in [-0.25, -0.2) is 8.42 Å². The van der Waals surface area contributed by atoms with E-state index >= 15 is 0 Å². The van der Waals surface area contributed by atoms with Crippen molar-refractivity contribution in [2.45, 2.75) is 10.8 Å². The van der Waals surface area contributed by atoms with Gasteiger partial charge in [0.05, 0.1) is 33.6 Å². The Labute approximate surface area is 152 Å². The van der Waals surface area contributed by atoms with E-state index in [1.807, 2.05) is 0 Å². The van der Waals surface area contributed by atoms with Gasteiger partial charge in [-0.1, -0.05) is 18.2 Å². The van der Waals surface area contributed by atoms with Crippen LogP contribution in [0, 0.1) is 0 Å². The lowest BCUT2D eigenvalue weighted by atomic mass is 10.0. The number of sulfonamides is 1. The second-order valence-electron chi connectivity index (χ2n) is 5.69. The number of hydrogen-bond acceptors (Lipinski definition) is 6. The number of benzene rings is 2. The molecule has 138 valence electrons. The lowest BCUT2D eigenvalue weighted by molar-refractivity contribution is -0.141. The molecular weight excluding hydrogens is 358 g/mol. The van der Waals surface area contributed by atoms with E-state index in [4.69, 9.17) is 14.2 Å². The van der Waals surface area contributed by atoms with E-state index in [0.29, 0.717) is 17.0 Å². The van der Waals surface area contributed by atoms with Crippen molar-refractivity contribution in [3.05, 3.63) is 48.0 Å². The lowest BCUT2D eigenvalue weighted by Gasteiger charge is -2.21. The van der Waals surface area contributed by atoms with Gasteiger partial charge in [-0.2, -0.15) is 0 Å². The second-order valence-corrected chi connectivity index (χ2v) is 7.52. The summed E-state index contributed by atoms with van der Waals surface area (Å²) in [6, 6.07) is 11.4. The van der Waals surface area contributed by atoms with Crippen molar-refractivity contribution in [2.75, 3.05) is 32.2 Å². The van der Waals surface area contributed by atoms with Crippen LogP contribution in [0.4, 0.5) is 5.69 Å². The molecule has 0 aromatic heterocycles. The lowest BCUT2D eigenvalue weighted by Crippen LogP contribution is -2.32. The van der Waals surface area contributed by atoms with E-state index in [9.17, 15) is 13.2 Å². The maximum atomic E-state index is 13.3. The maximum absolute atomic E-state index is 13.3. The van der Waals surface area contributed by atoms with Crippen molar-refractivity contribution in [2.24, 2.45) is 0 Å². The zero-order chi connectivity index (χ0) is 18.9. The molecular formula is C18H19NO6S. The quantitative estimate of drug-likeness (QED) is 0.743. The molecule has 2 aromatic rings. The highest BCUT2D eigenvalue weighted by molar-refractivity contribution is 7.93. The molecule has 8 heteroatoms. The smallest absolute Gasteiger partial charge is 0.315 e. The molecule has 0 fully saturated rings. The van der Waals surface area contributed by atoms with Crippen LogP contribution >= 0.6 is 0 Å². The normalized spacial score (nSPS) is 16.1. The monoisotopic (exact) mass is 377 g/mol. The van der Waals surface area contributed by atoms with Crippen LogP contribution in [0.2, 0.25) is 0 Å². The number of ether oxygens (including phenoxy) is 3. The molecule has 26 heavy (non-hydrogen) atoms. The zero-order valence-corrected chi connectivity index (χ0v) is 15.4. The Morgan fingerprint density at radius 3 is 2.46 bits per heavy atom. The number of rotatable bonds is 5. The first kappa shape index (κ1) is 18.1. The second kappa shape index (κ2) is 6.87. The maximum Gasteiger partial charge on any atom is 0.315 e. The summed E-state index contributed by atoms with van der Waals surface area (Å²) in [5.41, 5.74) is 1.07. The topological polar surface area (TPSA) is 82.1 Å². The van der Waals surface area contributed by atoms with E-state index in [1.165, 1.54) is 37.8 Å². The molecule has 3 rings (SSSR count). The summed E-state index contributed by atoms with van der Waals surface area (Å²) < 4.78 is 43.1. The Morgan fingerprint density at radius 2 is 1.81 bits per heavy atom. The fourth-order valence-corrected chi connectivity index (χ4v) is 4.73. The highest BCUT2D eigenvalue weighted by Gasteiger charge is 2.41. The van der Waals surface area contributed by atoms with Crippen molar-refractivity contribution in [1.82, 2.24) is 0 Å². The highest BCUT2D eigenvalue weighted by Crippen LogP contribution is 2.42. The summed E-state index contributed by atoms with van der Waals surface area (Å²) in [6.45, 7) is -0.0330. The molecule has 1 atom stereocenters. The predicted molar refractivity (Wildman–Crippen MR) is 95.3 cm³/mol. The van der Waals surface area contributed by atoms with Crippen LogP contribution in [0.1, 0.15) is 11.5 Å². The van der Waals surface area contributed by atoms with Crippen molar-refractivity contribution in [3.63, 3.8) is 0 Å². The van der Waals surface area contributed by atoms with E-state index in [0.717, 1.165) is 0 Å². The molecule has 0 saturated carbocycles. The van der Waals surface area contributed by atoms with Gasteiger partial charge in [-0.05, 0) is 23.8 Å². The van der Waals surface area contributed by atoms with Crippen molar-refractivity contribution < 1.29 is 27.4 Å². The van der Waals surface area contributed by atoms with Gasteiger partial charge in [0.25, 0.3) is 10.0 Å². The zero-order valence-electron chi connectivity index (χ0n) is 14.6. The number of fused-ring (bicyclic) bond motifs is 1. The van der Waals surface area contributed by atoms with Crippen molar-refractivity contribution in [1.29, 1.82) is 0 Å². The molecule has 0 spiro atoms. The molecule has 0 aliphatic carbocycles. The van der Waals surface area contributed by atoms with Crippen LogP contribution in [0.25, 0.3) is 0 Å². The number of carbonyl (C=O) groups is 1. The first-order valence-electron chi connectivity index (χ1n) is 7.85. The van der Waals surface area contributed by atoms with Crippen LogP contribution in [0.5, 0.6) is 11.5 Å². The summed E-state index contributed by atoms with van der Waals surface area (Å²) in [4.78, 5) is 12.1. The van der Waals surface area contributed by atoms with Crippen LogP contribution in [0.15, 0.2) is 47.4 Å². The van der Waals surface area contributed by atoms with Crippen LogP contribution in [0.3, 0.4) is 0 Å². The van der Waals surface area contributed by atoms with Crippen LogP contribution in [-0.4, -0.2) is 42.3 Å². The standard InChI is InChI=1S/C18H19NO6S/c1-23-12-8-9-16(24-2)17(10-12)26(21,22)19-11-14(18(20)25-3)13-6-4-5-7-15(13)19/h4-10,14H,11H2,1-3H3/t14-/m1/s1. The third-order valence-corrected chi connectivity index (χ3v) is 6.15. The van der Waals surface area contributed by atoms with Gasteiger partial charge < -0.3 is 14.2 Å². The molecule has 0 saturated heterocycles. The summed E-state index contributed by atoms with van der Waals surface area (Å²) in [7, 11) is 0.157. The molecule has 1 aliphatic heterocycles. The molecule has 0 radical (unpaired) electrons. The Kier molecular flexibility index (Phi) is 4.78. The van der Waals surface area contributed by atoms with Crippen LogP contribution in [-0.2, 0) is 19.6 Å². The van der Waals surface area contributed by atoms with Gasteiger partial charge in [0.15, 0.2) is 0 Å². The minimum atomic E-state index is -3.98. The number of para-hydroxylation sites is 1. The predicted octanol–water partition coefficient (Wildman–Crippen LogP) is 2.17. The van der Waals surface area contributed by atoms with Crippen molar-refractivity contribution in [3.8, 4) is 11.5 Å². The first-order chi connectivity index (χ1) is 12.4. The summed E-state index contributed by atoms with van der Waals surface area (Å²) in [5, 5.41) is 0. The Morgan fingerprint density at radius 1 is 1.08 bits per heavy atom. The fourth-order valence-electron chi connectivity index (χ4n) is 3.05. The minimum absolute atomic E-state index is 0.0281. The average molecular weight is 377 g/mol. The minimum Gasteiger partial charge on any atom is -0.497 e. The van der Waals surface area contributed by atoms with Gasteiger partial charge >= 0.3 is 5.97 Å². The average Bonchev–Trinajstić information content (AvgIpc) is 3.07. The molecule has 0 amide bonds. The Balaban J connectivity index is 2.13. The molecule has 2 aromatic carbocycles. The van der Waals surface area contributed by atoms with Crippen molar-refractivity contribution >= 4 is 21.7 Å². The summed E-state index contributed by atoms with van der Waals surface area (Å²) in [5.74, 6) is -0.568. The Bertz CT molecular complexity index is 940. The summed E-state index contributed by atoms with van der Waals surface area (Å²) >= 11 is 0. The molecule has 7 nitrogen and oxygen atoms in total.